The molecule has 66 valence electrons. The first kappa shape index (κ1) is 9.13. The van der Waals surface area contributed by atoms with Crippen molar-refractivity contribution >= 4 is 0 Å². The van der Waals surface area contributed by atoms with Gasteiger partial charge in [-0.2, -0.15) is 0 Å². The molecule has 0 aliphatic heterocycles. The lowest BCUT2D eigenvalue weighted by Gasteiger charge is -2.03. The summed E-state index contributed by atoms with van der Waals surface area (Å²) in [7, 11) is 0. The molecule has 0 bridgehead atoms. The summed E-state index contributed by atoms with van der Waals surface area (Å²) >= 11 is 0. The van der Waals surface area contributed by atoms with Gasteiger partial charge in [-0.15, -0.1) is 0 Å². The van der Waals surface area contributed by atoms with Gasteiger partial charge >= 0.3 is 0 Å². The van der Waals surface area contributed by atoms with Crippen LogP contribution in [0.5, 0.6) is 0 Å². The molecule has 0 fully saturated rings. The Kier molecular flexibility index (Phi) is 3.17. The van der Waals surface area contributed by atoms with E-state index < -0.39 is 0 Å². The highest BCUT2D eigenvalue weighted by Crippen LogP contribution is 2.02. The van der Waals surface area contributed by atoms with Crippen LogP contribution in [-0.2, 0) is 13.0 Å². The van der Waals surface area contributed by atoms with Crippen LogP contribution in [0.15, 0.2) is 12.3 Å². The molecule has 0 radical (unpaired) electrons. The average Bonchev–Trinajstić information content (AvgIpc) is 2.03. The number of nitrogens with zero attached hydrogens (tertiary/aromatic N) is 2. The van der Waals surface area contributed by atoms with Gasteiger partial charge in [-0.1, -0.05) is 13.8 Å². The van der Waals surface area contributed by atoms with Gasteiger partial charge in [-0.05, 0) is 12.0 Å². The summed E-state index contributed by atoms with van der Waals surface area (Å²) in [6.45, 7) is 4.80. The molecule has 3 nitrogen and oxygen atoms in total. The molecule has 1 aromatic rings. The third-order valence-corrected chi connectivity index (χ3v) is 1.56. The molecule has 0 aliphatic rings. The molecule has 2 N–H and O–H groups in total. The van der Waals surface area contributed by atoms with E-state index in [1.165, 1.54) is 0 Å². The Morgan fingerprint density at radius 2 is 2.25 bits per heavy atom. The van der Waals surface area contributed by atoms with Gasteiger partial charge in [0.2, 0.25) is 0 Å². The van der Waals surface area contributed by atoms with Crippen LogP contribution in [0, 0.1) is 5.92 Å². The highest BCUT2D eigenvalue weighted by atomic mass is 14.9. The van der Waals surface area contributed by atoms with Gasteiger partial charge < -0.3 is 5.73 Å². The van der Waals surface area contributed by atoms with Crippen LogP contribution in [-0.4, -0.2) is 9.97 Å². The minimum Gasteiger partial charge on any atom is -0.325 e. The first-order valence-corrected chi connectivity index (χ1v) is 4.23. The van der Waals surface area contributed by atoms with Gasteiger partial charge in [0, 0.05) is 19.2 Å². The lowest BCUT2D eigenvalue weighted by atomic mass is 10.1. The zero-order valence-corrected chi connectivity index (χ0v) is 7.62. The molecule has 0 unspecified atom stereocenters. The van der Waals surface area contributed by atoms with E-state index in [0.717, 1.165) is 17.9 Å². The quantitative estimate of drug-likeness (QED) is 0.730. The Balaban J connectivity index is 2.72. The lowest BCUT2D eigenvalue weighted by Crippen LogP contribution is -2.05. The van der Waals surface area contributed by atoms with Crippen LogP contribution in [0.3, 0.4) is 0 Å². The summed E-state index contributed by atoms with van der Waals surface area (Å²) in [5, 5.41) is 0. The van der Waals surface area contributed by atoms with Gasteiger partial charge in [-0.3, -0.25) is 0 Å². The lowest BCUT2D eigenvalue weighted by molar-refractivity contribution is 0.617. The standard InChI is InChI=1S/C9H15N3/c1-7(2)5-9-11-4-3-8(6-10)12-9/h3-4,7H,5-6,10H2,1-2H3. The summed E-state index contributed by atoms with van der Waals surface area (Å²) in [5.41, 5.74) is 6.38. The molecule has 3 heteroatoms. The van der Waals surface area contributed by atoms with E-state index in [9.17, 15) is 0 Å². The highest BCUT2D eigenvalue weighted by molar-refractivity contribution is 5.01. The Morgan fingerprint density at radius 1 is 1.50 bits per heavy atom. The molecule has 0 aliphatic carbocycles. The summed E-state index contributed by atoms with van der Waals surface area (Å²) < 4.78 is 0. The number of rotatable bonds is 3. The number of hydrogen-bond acceptors (Lipinski definition) is 3. The zero-order chi connectivity index (χ0) is 8.97. The second-order valence-electron chi connectivity index (χ2n) is 3.27. The largest absolute Gasteiger partial charge is 0.325 e. The van der Waals surface area contributed by atoms with Crippen molar-refractivity contribution < 1.29 is 0 Å². The van der Waals surface area contributed by atoms with Crippen molar-refractivity contribution in [3.05, 3.63) is 23.8 Å². The van der Waals surface area contributed by atoms with Crippen molar-refractivity contribution in [2.75, 3.05) is 0 Å². The van der Waals surface area contributed by atoms with Crippen LogP contribution < -0.4 is 5.73 Å². The van der Waals surface area contributed by atoms with Crippen LogP contribution in [0.2, 0.25) is 0 Å². The van der Waals surface area contributed by atoms with Gasteiger partial charge in [0.25, 0.3) is 0 Å². The van der Waals surface area contributed by atoms with E-state index in [-0.39, 0.29) is 0 Å². The van der Waals surface area contributed by atoms with Crippen molar-refractivity contribution in [3.8, 4) is 0 Å². The second kappa shape index (κ2) is 4.16. The molecule has 12 heavy (non-hydrogen) atoms. The Hall–Kier alpha value is -0.960. The van der Waals surface area contributed by atoms with Crippen molar-refractivity contribution in [3.63, 3.8) is 0 Å². The van der Waals surface area contributed by atoms with E-state index in [0.29, 0.717) is 12.5 Å². The molecule has 0 aromatic carbocycles. The number of nitrogens with two attached hydrogens (primary N) is 1. The maximum atomic E-state index is 5.46. The SMILES string of the molecule is CC(C)Cc1nccc(CN)n1. The molecule has 0 saturated carbocycles. The Morgan fingerprint density at radius 3 is 2.83 bits per heavy atom. The maximum Gasteiger partial charge on any atom is 0.128 e. The van der Waals surface area contributed by atoms with E-state index in [2.05, 4.69) is 23.8 Å². The Bertz CT molecular complexity index is 245. The van der Waals surface area contributed by atoms with Crippen molar-refractivity contribution in [1.82, 2.24) is 9.97 Å². The smallest absolute Gasteiger partial charge is 0.128 e. The minimum atomic E-state index is 0.494. The number of aromatic nitrogens is 2. The fourth-order valence-electron chi connectivity index (χ4n) is 1.02. The van der Waals surface area contributed by atoms with Crippen molar-refractivity contribution in [1.29, 1.82) is 0 Å². The minimum absolute atomic E-state index is 0.494. The fraction of sp³-hybridized carbons (Fsp3) is 0.556. The maximum absolute atomic E-state index is 5.46. The van der Waals surface area contributed by atoms with E-state index in [1.807, 2.05) is 6.07 Å². The fourth-order valence-corrected chi connectivity index (χ4v) is 1.02. The first-order valence-electron chi connectivity index (χ1n) is 4.23. The topological polar surface area (TPSA) is 51.8 Å². The van der Waals surface area contributed by atoms with Crippen LogP contribution in [0.25, 0.3) is 0 Å². The molecular weight excluding hydrogens is 150 g/mol. The van der Waals surface area contributed by atoms with E-state index in [1.54, 1.807) is 6.20 Å². The van der Waals surface area contributed by atoms with Gasteiger partial charge in [0.05, 0.1) is 5.69 Å². The second-order valence-corrected chi connectivity index (χ2v) is 3.27. The predicted octanol–water partition coefficient (Wildman–Crippen LogP) is 1.13. The summed E-state index contributed by atoms with van der Waals surface area (Å²) in [6.07, 6.45) is 2.70. The van der Waals surface area contributed by atoms with E-state index in [4.69, 9.17) is 5.73 Å². The molecule has 0 spiro atoms. The van der Waals surface area contributed by atoms with Gasteiger partial charge in [0.1, 0.15) is 5.82 Å². The zero-order valence-electron chi connectivity index (χ0n) is 7.62. The Labute approximate surface area is 73.0 Å². The molecular formula is C9H15N3. The third kappa shape index (κ3) is 2.58. The summed E-state index contributed by atoms with van der Waals surface area (Å²) in [4.78, 5) is 8.46. The molecule has 0 atom stereocenters. The summed E-state index contributed by atoms with van der Waals surface area (Å²) in [5.74, 6) is 1.49. The van der Waals surface area contributed by atoms with Crippen molar-refractivity contribution in [2.24, 2.45) is 11.7 Å². The predicted molar refractivity (Wildman–Crippen MR) is 48.5 cm³/mol. The molecule has 1 rings (SSSR count). The molecule has 1 heterocycles. The van der Waals surface area contributed by atoms with Crippen LogP contribution >= 0.6 is 0 Å². The van der Waals surface area contributed by atoms with Gasteiger partial charge in [-0.25, -0.2) is 9.97 Å². The van der Waals surface area contributed by atoms with E-state index >= 15 is 0 Å². The third-order valence-electron chi connectivity index (χ3n) is 1.56. The normalized spacial score (nSPS) is 10.7. The first-order chi connectivity index (χ1) is 5.72. The molecule has 0 saturated heterocycles. The number of hydrogen-bond donors (Lipinski definition) is 1. The van der Waals surface area contributed by atoms with Crippen LogP contribution in [0.1, 0.15) is 25.4 Å². The van der Waals surface area contributed by atoms with Gasteiger partial charge in [0.15, 0.2) is 0 Å². The van der Waals surface area contributed by atoms with Crippen molar-refractivity contribution in [2.45, 2.75) is 26.8 Å². The van der Waals surface area contributed by atoms with Crippen LogP contribution in [0.4, 0.5) is 0 Å². The molecule has 1 aromatic heterocycles. The average molecular weight is 165 g/mol. The molecule has 0 amide bonds. The highest BCUT2D eigenvalue weighted by Gasteiger charge is 2.00. The summed E-state index contributed by atoms with van der Waals surface area (Å²) in [6, 6.07) is 1.85. The monoisotopic (exact) mass is 165 g/mol.